The molecule has 2 aromatic rings. The van der Waals surface area contributed by atoms with Crippen molar-refractivity contribution < 1.29 is 42.9 Å². The largest absolute Gasteiger partial charge is 0.494 e. The number of amides is 4. The van der Waals surface area contributed by atoms with Gasteiger partial charge in [-0.1, -0.05) is 25.0 Å². The smallest absolute Gasteiger partial charge is 0.249 e. The standard InChI is InChI=1S/C39H55N3O9/c1-30-11-9-13-34(33(30)28-42(29-43)35-16-18-38(45)41-39(35)46)40-37(44)14-5-4-7-20-48-24-26-49-25-23-47-19-6-2-3-8-21-50-32-15-17-36-31(27-32)12-10-22-51-36/h9,11,13,15,17,27,29,35H,2-8,10,12,14,16,18-26,28H2,1H3,(H,40,44)(H,41,45,46). The number of anilines is 1. The van der Waals surface area contributed by atoms with Crippen molar-refractivity contribution in [1.29, 1.82) is 0 Å². The lowest BCUT2D eigenvalue weighted by molar-refractivity contribution is -0.141. The van der Waals surface area contributed by atoms with Crippen LogP contribution in [0.2, 0.25) is 0 Å². The van der Waals surface area contributed by atoms with E-state index in [0.29, 0.717) is 51.6 Å². The number of imide groups is 1. The van der Waals surface area contributed by atoms with Gasteiger partial charge in [-0.3, -0.25) is 24.5 Å². The van der Waals surface area contributed by atoms with E-state index in [9.17, 15) is 19.2 Å². The highest BCUT2D eigenvalue weighted by atomic mass is 16.5. The van der Waals surface area contributed by atoms with Crippen LogP contribution in [0, 0.1) is 6.92 Å². The van der Waals surface area contributed by atoms with E-state index in [1.807, 2.05) is 31.2 Å². The average molecular weight is 710 g/mol. The van der Waals surface area contributed by atoms with E-state index in [0.717, 1.165) is 100 Å². The molecule has 1 atom stereocenters. The summed E-state index contributed by atoms with van der Waals surface area (Å²) in [5, 5.41) is 5.26. The lowest BCUT2D eigenvalue weighted by Gasteiger charge is -2.31. The number of hydrogen-bond donors (Lipinski definition) is 2. The molecule has 0 aliphatic carbocycles. The number of piperidine rings is 1. The Hall–Kier alpha value is -4.00. The topological polar surface area (TPSA) is 142 Å². The zero-order valence-electron chi connectivity index (χ0n) is 30.1. The second-order valence-corrected chi connectivity index (χ2v) is 13.0. The number of rotatable bonds is 25. The van der Waals surface area contributed by atoms with Crippen molar-refractivity contribution >= 4 is 29.8 Å². The Labute approximate surface area is 301 Å². The number of aryl methyl sites for hydroxylation is 2. The highest BCUT2D eigenvalue weighted by Gasteiger charge is 2.31. The molecule has 0 saturated carbocycles. The molecule has 0 aromatic heterocycles. The van der Waals surface area contributed by atoms with Crippen LogP contribution in [-0.4, -0.2) is 87.9 Å². The van der Waals surface area contributed by atoms with Crippen molar-refractivity contribution in [3.05, 3.63) is 53.1 Å². The number of unbranched alkanes of at least 4 members (excludes halogenated alkanes) is 5. The fraction of sp³-hybridized carbons (Fsp3) is 0.590. The molecule has 2 N–H and O–H groups in total. The Morgan fingerprint density at radius 1 is 0.902 bits per heavy atom. The average Bonchev–Trinajstić information content (AvgIpc) is 3.12. The Morgan fingerprint density at radius 3 is 2.33 bits per heavy atom. The molecule has 2 aliphatic heterocycles. The number of nitrogens with one attached hydrogen (secondary N) is 2. The number of ether oxygens (including phenoxy) is 5. The number of benzene rings is 2. The predicted molar refractivity (Wildman–Crippen MR) is 193 cm³/mol. The van der Waals surface area contributed by atoms with Crippen molar-refractivity contribution in [3.63, 3.8) is 0 Å². The molecule has 0 spiro atoms. The molecule has 4 rings (SSSR count). The SMILES string of the molecule is Cc1cccc(NC(=O)CCCCCOCCOCCOCCCCCCOc2ccc3c(c2)CCCO3)c1CN(C=O)C1CCC(=O)NC1=O. The van der Waals surface area contributed by atoms with Gasteiger partial charge < -0.3 is 33.9 Å². The molecule has 1 fully saturated rings. The summed E-state index contributed by atoms with van der Waals surface area (Å²) in [6.45, 7) is 7.09. The van der Waals surface area contributed by atoms with Crippen LogP contribution < -0.4 is 20.1 Å². The van der Waals surface area contributed by atoms with E-state index in [-0.39, 0.29) is 31.2 Å². The van der Waals surface area contributed by atoms with Gasteiger partial charge in [0.1, 0.15) is 17.5 Å². The van der Waals surface area contributed by atoms with Gasteiger partial charge >= 0.3 is 0 Å². The fourth-order valence-electron chi connectivity index (χ4n) is 6.13. The number of carbonyl (C=O) groups excluding carboxylic acids is 4. The molecule has 51 heavy (non-hydrogen) atoms. The summed E-state index contributed by atoms with van der Waals surface area (Å²) in [5.74, 6) is 0.994. The summed E-state index contributed by atoms with van der Waals surface area (Å²) < 4.78 is 28.5. The van der Waals surface area contributed by atoms with Crippen LogP contribution in [0.3, 0.4) is 0 Å². The van der Waals surface area contributed by atoms with E-state index in [1.54, 1.807) is 6.07 Å². The van der Waals surface area contributed by atoms with Crippen molar-refractivity contribution in [2.45, 2.75) is 96.6 Å². The minimum atomic E-state index is -0.725. The van der Waals surface area contributed by atoms with E-state index in [2.05, 4.69) is 16.7 Å². The van der Waals surface area contributed by atoms with Crippen LogP contribution in [0.5, 0.6) is 11.5 Å². The first-order valence-electron chi connectivity index (χ1n) is 18.5. The molecule has 4 amide bonds. The number of nitrogens with zero attached hydrogens (tertiary/aromatic N) is 1. The number of fused-ring (bicyclic) bond motifs is 1. The predicted octanol–water partition coefficient (Wildman–Crippen LogP) is 5.27. The van der Waals surface area contributed by atoms with Gasteiger partial charge in [-0.25, -0.2) is 0 Å². The molecule has 2 aliphatic rings. The van der Waals surface area contributed by atoms with E-state index in [1.165, 1.54) is 10.5 Å². The van der Waals surface area contributed by atoms with Gasteiger partial charge in [0.15, 0.2) is 0 Å². The highest BCUT2D eigenvalue weighted by molar-refractivity contribution is 6.01. The number of hydrogen-bond acceptors (Lipinski definition) is 9. The monoisotopic (exact) mass is 709 g/mol. The minimum absolute atomic E-state index is 0.112. The van der Waals surface area contributed by atoms with Gasteiger partial charge in [0, 0.05) is 38.3 Å². The van der Waals surface area contributed by atoms with Crippen LogP contribution in [0.25, 0.3) is 0 Å². The molecule has 12 nitrogen and oxygen atoms in total. The van der Waals surface area contributed by atoms with Crippen LogP contribution in [0.4, 0.5) is 5.69 Å². The maximum absolute atomic E-state index is 12.7. The molecule has 1 saturated heterocycles. The summed E-state index contributed by atoms with van der Waals surface area (Å²) in [5.41, 5.74) is 3.51. The zero-order valence-corrected chi connectivity index (χ0v) is 30.1. The summed E-state index contributed by atoms with van der Waals surface area (Å²) in [6.07, 6.45) is 10.3. The summed E-state index contributed by atoms with van der Waals surface area (Å²) in [6, 6.07) is 10.9. The first-order chi connectivity index (χ1) is 24.9. The summed E-state index contributed by atoms with van der Waals surface area (Å²) in [4.78, 5) is 49.8. The third-order valence-electron chi connectivity index (χ3n) is 9.04. The first-order valence-corrected chi connectivity index (χ1v) is 18.5. The van der Waals surface area contributed by atoms with Gasteiger partial charge in [-0.15, -0.1) is 0 Å². The van der Waals surface area contributed by atoms with Crippen LogP contribution >= 0.6 is 0 Å². The summed E-state index contributed by atoms with van der Waals surface area (Å²) in [7, 11) is 0. The molecular weight excluding hydrogens is 654 g/mol. The van der Waals surface area contributed by atoms with Crippen LogP contribution in [-0.2, 0) is 46.4 Å². The normalized spacial score (nSPS) is 15.4. The minimum Gasteiger partial charge on any atom is -0.494 e. The maximum atomic E-state index is 12.7. The van der Waals surface area contributed by atoms with Gasteiger partial charge in [0.05, 0.1) is 39.6 Å². The van der Waals surface area contributed by atoms with Crippen LogP contribution in [0.1, 0.15) is 87.3 Å². The summed E-state index contributed by atoms with van der Waals surface area (Å²) >= 11 is 0. The van der Waals surface area contributed by atoms with Gasteiger partial charge in [-0.2, -0.15) is 0 Å². The van der Waals surface area contributed by atoms with Gasteiger partial charge in [0.25, 0.3) is 0 Å². The lowest BCUT2D eigenvalue weighted by Crippen LogP contribution is -2.51. The zero-order chi connectivity index (χ0) is 36.1. The molecule has 280 valence electrons. The fourth-order valence-corrected chi connectivity index (χ4v) is 6.13. The highest BCUT2D eigenvalue weighted by Crippen LogP contribution is 2.29. The molecule has 0 bridgehead atoms. The van der Waals surface area contributed by atoms with Crippen molar-refractivity contribution in [1.82, 2.24) is 10.2 Å². The first kappa shape index (κ1) is 39.8. The Morgan fingerprint density at radius 2 is 1.61 bits per heavy atom. The third-order valence-corrected chi connectivity index (χ3v) is 9.04. The molecule has 2 heterocycles. The quantitative estimate of drug-likeness (QED) is 0.0801. The van der Waals surface area contributed by atoms with E-state index >= 15 is 0 Å². The van der Waals surface area contributed by atoms with E-state index in [4.69, 9.17) is 23.7 Å². The van der Waals surface area contributed by atoms with Crippen molar-refractivity contribution in [2.75, 3.05) is 58.2 Å². The molecular formula is C39H55N3O9. The van der Waals surface area contributed by atoms with Crippen LogP contribution in [0.15, 0.2) is 36.4 Å². The Kier molecular flexibility index (Phi) is 17.7. The second kappa shape index (κ2) is 22.7. The van der Waals surface area contributed by atoms with E-state index < -0.39 is 11.9 Å². The Bertz CT molecular complexity index is 1400. The van der Waals surface area contributed by atoms with Gasteiger partial charge in [-0.05, 0) is 99.2 Å². The van der Waals surface area contributed by atoms with Crippen molar-refractivity contribution in [2.24, 2.45) is 0 Å². The van der Waals surface area contributed by atoms with Gasteiger partial charge in [0.2, 0.25) is 24.1 Å². The van der Waals surface area contributed by atoms with Crippen molar-refractivity contribution in [3.8, 4) is 11.5 Å². The lowest BCUT2D eigenvalue weighted by atomic mass is 10.0. The third kappa shape index (κ3) is 14.3. The second-order valence-electron chi connectivity index (χ2n) is 13.0. The molecule has 1 unspecified atom stereocenters. The number of carbonyl (C=O) groups is 4. The Balaban J connectivity index is 0.936. The maximum Gasteiger partial charge on any atom is 0.249 e. The molecule has 0 radical (unpaired) electrons. The molecule has 2 aromatic carbocycles. The molecule has 12 heteroatoms.